The number of ether oxygens (including phenoxy) is 1. The molecule has 0 unspecified atom stereocenters. The molecule has 2 aromatic rings. The molecule has 0 amide bonds. The van der Waals surface area contributed by atoms with Gasteiger partial charge in [-0.25, -0.2) is 8.42 Å². The summed E-state index contributed by atoms with van der Waals surface area (Å²) in [5.74, 6) is 2.23. The number of aliphatic hydroxyl groups is 1. The second-order valence-electron chi connectivity index (χ2n) is 7.87. The molecule has 1 N–H and O–H groups in total. The summed E-state index contributed by atoms with van der Waals surface area (Å²) >= 11 is 0. The van der Waals surface area contributed by atoms with Crippen molar-refractivity contribution in [1.82, 2.24) is 19.4 Å². The maximum absolute atomic E-state index is 12.9. The second-order valence-corrected chi connectivity index (χ2v) is 9.81. The molecular formula is C21H30N6O4S. The first-order chi connectivity index (χ1) is 15.5. The lowest BCUT2D eigenvalue weighted by atomic mass is 10.3. The Morgan fingerprint density at radius 3 is 1.84 bits per heavy atom. The number of aromatic nitrogens is 2. The van der Waals surface area contributed by atoms with E-state index in [1.165, 1.54) is 4.31 Å². The topological polar surface area (TPSA) is 102 Å². The van der Waals surface area contributed by atoms with Gasteiger partial charge in [0.1, 0.15) is 5.75 Å². The fourth-order valence-electron chi connectivity index (χ4n) is 4.05. The van der Waals surface area contributed by atoms with Crippen molar-refractivity contribution in [3.05, 3.63) is 36.4 Å². The number of nitrogens with zero attached hydrogens (tertiary/aromatic N) is 6. The largest absolute Gasteiger partial charge is 0.497 e. The van der Waals surface area contributed by atoms with Gasteiger partial charge in [-0.15, -0.1) is 10.2 Å². The highest BCUT2D eigenvalue weighted by Crippen LogP contribution is 2.23. The summed E-state index contributed by atoms with van der Waals surface area (Å²) in [4.78, 5) is 6.77. The molecule has 10 nitrogen and oxygen atoms in total. The van der Waals surface area contributed by atoms with Gasteiger partial charge in [-0.05, 0) is 36.4 Å². The molecular weight excluding hydrogens is 432 g/mol. The molecule has 2 saturated heterocycles. The van der Waals surface area contributed by atoms with Crippen molar-refractivity contribution in [3.63, 3.8) is 0 Å². The Hall–Kier alpha value is -2.47. The summed E-state index contributed by atoms with van der Waals surface area (Å²) in [5, 5.41) is 17.9. The Morgan fingerprint density at radius 2 is 1.38 bits per heavy atom. The molecule has 32 heavy (non-hydrogen) atoms. The van der Waals surface area contributed by atoms with Crippen molar-refractivity contribution in [2.75, 3.05) is 82.4 Å². The van der Waals surface area contributed by atoms with Gasteiger partial charge in [-0.1, -0.05) is 0 Å². The first kappa shape index (κ1) is 22.7. The van der Waals surface area contributed by atoms with Crippen LogP contribution in [0.1, 0.15) is 0 Å². The Balaban J connectivity index is 1.33. The zero-order valence-corrected chi connectivity index (χ0v) is 19.1. The Labute approximate surface area is 189 Å². The molecule has 2 aliphatic rings. The molecule has 0 saturated carbocycles. The summed E-state index contributed by atoms with van der Waals surface area (Å²) in [5.41, 5.74) is 0. The molecule has 2 fully saturated rings. The number of sulfonamides is 1. The molecule has 0 bridgehead atoms. The molecule has 0 radical (unpaired) electrons. The fraction of sp³-hybridized carbons (Fsp3) is 0.524. The fourth-order valence-corrected chi connectivity index (χ4v) is 5.47. The Kier molecular flexibility index (Phi) is 7.09. The van der Waals surface area contributed by atoms with E-state index >= 15 is 0 Å². The lowest BCUT2D eigenvalue weighted by molar-refractivity contribution is 0.188. The maximum atomic E-state index is 12.9. The predicted molar refractivity (Wildman–Crippen MR) is 122 cm³/mol. The van der Waals surface area contributed by atoms with Crippen molar-refractivity contribution >= 4 is 21.7 Å². The molecule has 1 aromatic carbocycles. The predicted octanol–water partition coefficient (Wildman–Crippen LogP) is 0.110. The summed E-state index contributed by atoms with van der Waals surface area (Å²) in [6.45, 7) is 6.30. The van der Waals surface area contributed by atoms with Crippen LogP contribution in [0, 0.1) is 0 Å². The highest BCUT2D eigenvalue weighted by molar-refractivity contribution is 7.89. The van der Waals surface area contributed by atoms with E-state index in [2.05, 4.69) is 24.9 Å². The molecule has 1 aromatic heterocycles. The van der Waals surface area contributed by atoms with E-state index in [-0.39, 0.29) is 11.5 Å². The van der Waals surface area contributed by atoms with Crippen LogP contribution < -0.4 is 14.5 Å². The molecule has 0 spiro atoms. The van der Waals surface area contributed by atoms with Gasteiger partial charge in [-0.2, -0.15) is 4.31 Å². The quantitative estimate of drug-likeness (QED) is 0.614. The van der Waals surface area contributed by atoms with Gasteiger partial charge in [0.25, 0.3) is 0 Å². The summed E-state index contributed by atoms with van der Waals surface area (Å²) < 4.78 is 32.5. The van der Waals surface area contributed by atoms with Crippen LogP contribution in [0.2, 0.25) is 0 Å². The lowest BCUT2D eigenvalue weighted by Crippen LogP contribution is -2.49. The van der Waals surface area contributed by atoms with E-state index in [4.69, 9.17) is 9.84 Å². The third-order valence-electron chi connectivity index (χ3n) is 6.01. The number of β-amino-alcohol motifs (C(OH)–C–C–N with tert-alkyl or cyclic N) is 1. The van der Waals surface area contributed by atoms with Gasteiger partial charge in [0.15, 0.2) is 11.6 Å². The van der Waals surface area contributed by atoms with Gasteiger partial charge in [0.2, 0.25) is 10.0 Å². The number of anilines is 2. The average Bonchev–Trinajstić information content (AvgIpc) is 2.85. The van der Waals surface area contributed by atoms with Gasteiger partial charge < -0.3 is 19.6 Å². The number of aliphatic hydroxyl groups excluding tert-OH is 1. The number of hydrogen-bond acceptors (Lipinski definition) is 9. The average molecular weight is 463 g/mol. The molecule has 0 atom stereocenters. The third kappa shape index (κ3) is 4.96. The van der Waals surface area contributed by atoms with Crippen LogP contribution in [0.25, 0.3) is 0 Å². The summed E-state index contributed by atoms with van der Waals surface area (Å²) in [6, 6.07) is 10.4. The van der Waals surface area contributed by atoms with E-state index in [1.807, 2.05) is 12.1 Å². The first-order valence-electron chi connectivity index (χ1n) is 10.8. The van der Waals surface area contributed by atoms with Gasteiger partial charge in [-0.3, -0.25) is 4.90 Å². The smallest absolute Gasteiger partial charge is 0.243 e. The maximum Gasteiger partial charge on any atom is 0.243 e. The minimum absolute atomic E-state index is 0.184. The lowest BCUT2D eigenvalue weighted by Gasteiger charge is -2.36. The van der Waals surface area contributed by atoms with Gasteiger partial charge in [0, 0.05) is 58.9 Å². The van der Waals surface area contributed by atoms with E-state index < -0.39 is 10.0 Å². The zero-order valence-electron chi connectivity index (χ0n) is 18.3. The van der Waals surface area contributed by atoms with E-state index in [0.29, 0.717) is 38.5 Å². The molecule has 11 heteroatoms. The number of piperazine rings is 2. The van der Waals surface area contributed by atoms with Crippen LogP contribution in [0.4, 0.5) is 11.6 Å². The van der Waals surface area contributed by atoms with Crippen LogP contribution in [-0.2, 0) is 10.0 Å². The summed E-state index contributed by atoms with van der Waals surface area (Å²) in [6.07, 6.45) is 0. The Morgan fingerprint density at radius 1 is 0.844 bits per heavy atom. The van der Waals surface area contributed by atoms with Gasteiger partial charge >= 0.3 is 0 Å². The minimum atomic E-state index is -3.53. The van der Waals surface area contributed by atoms with Crippen LogP contribution in [0.5, 0.6) is 5.75 Å². The van der Waals surface area contributed by atoms with Crippen molar-refractivity contribution in [1.29, 1.82) is 0 Å². The zero-order chi connectivity index (χ0) is 22.6. The number of benzene rings is 1. The van der Waals surface area contributed by atoms with Crippen molar-refractivity contribution in [2.24, 2.45) is 0 Å². The molecule has 3 heterocycles. The van der Waals surface area contributed by atoms with Crippen LogP contribution >= 0.6 is 0 Å². The summed E-state index contributed by atoms with van der Waals surface area (Å²) in [7, 11) is -1.98. The molecule has 4 rings (SSSR count). The standard InChI is InChI=1S/C21H30N6O4S/c1-31-18-2-4-19(5-3-18)32(29,30)27-14-12-26(13-15-27)21-7-6-20(22-23-21)25-10-8-24(9-11-25)16-17-28/h2-7,28H,8-17H2,1H3. The van der Waals surface area contributed by atoms with Gasteiger partial charge in [0.05, 0.1) is 18.6 Å². The van der Waals surface area contributed by atoms with Crippen LogP contribution in [0.15, 0.2) is 41.3 Å². The SMILES string of the molecule is COc1ccc(S(=O)(=O)N2CCN(c3ccc(N4CCN(CCO)CC4)nn3)CC2)cc1. The van der Waals surface area contributed by atoms with E-state index in [0.717, 1.165) is 37.8 Å². The number of hydrogen-bond donors (Lipinski definition) is 1. The van der Waals surface area contributed by atoms with Crippen LogP contribution in [0.3, 0.4) is 0 Å². The van der Waals surface area contributed by atoms with E-state index in [9.17, 15) is 8.42 Å². The highest BCUT2D eigenvalue weighted by atomic mass is 32.2. The van der Waals surface area contributed by atoms with Crippen LogP contribution in [-0.4, -0.2) is 106 Å². The molecule has 0 aliphatic carbocycles. The first-order valence-corrected chi connectivity index (χ1v) is 12.3. The second kappa shape index (κ2) is 9.99. The number of methoxy groups -OCH3 is 1. The van der Waals surface area contributed by atoms with Crippen molar-refractivity contribution < 1.29 is 18.3 Å². The van der Waals surface area contributed by atoms with E-state index in [1.54, 1.807) is 31.4 Å². The minimum Gasteiger partial charge on any atom is -0.497 e. The monoisotopic (exact) mass is 462 g/mol. The highest BCUT2D eigenvalue weighted by Gasteiger charge is 2.29. The van der Waals surface area contributed by atoms with Crippen molar-refractivity contribution in [3.8, 4) is 5.75 Å². The number of rotatable bonds is 7. The third-order valence-corrected chi connectivity index (χ3v) is 7.92. The Bertz CT molecular complexity index is 970. The molecule has 2 aliphatic heterocycles. The van der Waals surface area contributed by atoms with Crippen molar-refractivity contribution in [2.45, 2.75) is 4.90 Å². The molecule has 174 valence electrons. The normalized spacial score (nSPS) is 18.7.